The third-order valence-electron chi connectivity index (χ3n) is 2.58. The summed E-state index contributed by atoms with van der Waals surface area (Å²) in [5.74, 6) is 0. The summed E-state index contributed by atoms with van der Waals surface area (Å²) in [5.41, 5.74) is 4.34. The fourth-order valence-electron chi connectivity index (χ4n) is 1.55. The van der Waals surface area contributed by atoms with Crippen molar-refractivity contribution in [3.63, 3.8) is 0 Å². The van der Waals surface area contributed by atoms with Crippen LogP contribution in [0, 0.1) is 18.3 Å². The summed E-state index contributed by atoms with van der Waals surface area (Å²) in [4.78, 5) is 0. The van der Waals surface area contributed by atoms with Crippen LogP contribution in [0.4, 0.5) is 0 Å². The van der Waals surface area contributed by atoms with Crippen LogP contribution in [0.15, 0.2) is 54.6 Å². The van der Waals surface area contributed by atoms with E-state index in [1.165, 1.54) is 16.7 Å². The van der Waals surface area contributed by atoms with Gasteiger partial charge in [0, 0.05) is 5.57 Å². The van der Waals surface area contributed by atoms with Gasteiger partial charge < -0.3 is 0 Å². The molecule has 1 heteroatoms. The van der Waals surface area contributed by atoms with Crippen molar-refractivity contribution in [2.45, 2.75) is 48.0 Å². The monoisotopic (exact) mass is 283 g/mol. The highest BCUT2D eigenvalue weighted by atomic mass is 14.2. The Morgan fingerprint density at radius 2 is 1.81 bits per heavy atom. The maximum atomic E-state index is 8.73. The zero-order valence-electron chi connectivity index (χ0n) is 14.4. The first-order valence-electron chi connectivity index (χ1n) is 7.64. The Morgan fingerprint density at radius 3 is 2.29 bits per heavy atom. The Hall–Kier alpha value is -2.07. The van der Waals surface area contributed by atoms with Crippen molar-refractivity contribution in [2.24, 2.45) is 0 Å². The number of hydrogen-bond acceptors (Lipinski definition) is 1. The summed E-state index contributed by atoms with van der Waals surface area (Å²) in [6, 6.07) is 10.5. The second kappa shape index (κ2) is 14.3. The number of hydrogen-bond donors (Lipinski definition) is 0. The van der Waals surface area contributed by atoms with Crippen LogP contribution in [-0.4, -0.2) is 0 Å². The highest BCUT2D eigenvalue weighted by Crippen LogP contribution is 2.16. The number of nitriles is 1. The molecule has 0 amide bonds. The van der Waals surface area contributed by atoms with E-state index in [-0.39, 0.29) is 0 Å². The van der Waals surface area contributed by atoms with Gasteiger partial charge in [-0.3, -0.25) is 0 Å². The van der Waals surface area contributed by atoms with E-state index >= 15 is 0 Å². The van der Waals surface area contributed by atoms with Gasteiger partial charge >= 0.3 is 0 Å². The number of allylic oxidation sites excluding steroid dienone is 5. The fraction of sp³-hybridized carbons (Fsp3) is 0.350. The average Bonchev–Trinajstić information content (AvgIpc) is 2.55. The van der Waals surface area contributed by atoms with Crippen molar-refractivity contribution in [3.05, 3.63) is 65.8 Å². The number of aryl methyl sites for hydroxylation is 1. The summed E-state index contributed by atoms with van der Waals surface area (Å²) >= 11 is 0. The molecular formula is C20H29N. The second-order valence-corrected chi connectivity index (χ2v) is 3.97. The number of nitrogens with zero attached hydrogens (tertiary/aromatic N) is 1. The normalized spacial score (nSPS) is 10.3. The van der Waals surface area contributed by atoms with Gasteiger partial charge in [-0.05, 0) is 31.4 Å². The summed E-state index contributed by atoms with van der Waals surface area (Å²) in [6.07, 6.45) is 6.34. The van der Waals surface area contributed by atoms with Crippen molar-refractivity contribution in [3.8, 4) is 6.07 Å². The van der Waals surface area contributed by atoms with E-state index in [0.717, 1.165) is 6.42 Å². The molecule has 1 nitrogen and oxygen atoms in total. The van der Waals surface area contributed by atoms with Crippen molar-refractivity contribution in [1.29, 1.82) is 5.26 Å². The first-order chi connectivity index (χ1) is 10.2. The summed E-state index contributed by atoms with van der Waals surface area (Å²) in [5, 5.41) is 8.73. The molecule has 1 rings (SSSR count). The Kier molecular flexibility index (Phi) is 14.5. The molecule has 0 saturated heterocycles. The Morgan fingerprint density at radius 1 is 1.19 bits per heavy atom. The molecule has 0 atom stereocenters. The zero-order chi connectivity index (χ0) is 16.7. The van der Waals surface area contributed by atoms with E-state index in [1.807, 2.05) is 33.8 Å². The Bertz CT molecular complexity index is 499. The van der Waals surface area contributed by atoms with Crippen LogP contribution in [0.2, 0.25) is 0 Å². The van der Waals surface area contributed by atoms with Crippen LogP contribution < -0.4 is 0 Å². The predicted molar refractivity (Wildman–Crippen MR) is 96.0 cm³/mol. The first kappa shape index (κ1) is 21.2. The van der Waals surface area contributed by atoms with Gasteiger partial charge in [0.2, 0.25) is 0 Å². The van der Waals surface area contributed by atoms with Crippen LogP contribution >= 0.6 is 0 Å². The number of benzene rings is 1. The third-order valence-corrected chi connectivity index (χ3v) is 2.58. The molecule has 0 unspecified atom stereocenters. The molecule has 0 aliphatic heterocycles. The van der Waals surface area contributed by atoms with Crippen molar-refractivity contribution in [1.82, 2.24) is 0 Å². The minimum atomic E-state index is 0.623. The van der Waals surface area contributed by atoms with Crippen LogP contribution in [0.1, 0.15) is 52.2 Å². The van der Waals surface area contributed by atoms with Crippen LogP contribution in [0.25, 0.3) is 5.57 Å². The van der Waals surface area contributed by atoms with Crippen LogP contribution in [-0.2, 0) is 0 Å². The molecular weight excluding hydrogens is 254 g/mol. The van der Waals surface area contributed by atoms with E-state index in [1.54, 1.807) is 6.08 Å². The highest BCUT2D eigenvalue weighted by molar-refractivity contribution is 5.64. The highest BCUT2D eigenvalue weighted by Gasteiger charge is 1.94. The van der Waals surface area contributed by atoms with E-state index in [9.17, 15) is 0 Å². The standard InChI is InChI=1S/C16H17N.2C2H6/c1-4-15(12-17)9-6-8-14(3)16-10-5-7-13(2)11-16;2*1-2/h4-5,7-11H,1,6H2,2-3H3;2*1-2H3/b14-8?,15-9+;;. The lowest BCUT2D eigenvalue weighted by Gasteiger charge is -2.02. The van der Waals surface area contributed by atoms with Crippen molar-refractivity contribution in [2.75, 3.05) is 0 Å². The second-order valence-electron chi connectivity index (χ2n) is 3.97. The van der Waals surface area contributed by atoms with Gasteiger partial charge in [-0.2, -0.15) is 5.26 Å². The summed E-state index contributed by atoms with van der Waals surface area (Å²) < 4.78 is 0. The SMILES string of the molecule is C=C/C(C#N)=C\CC=C(C)c1cccc(C)c1.CC.CC. The lowest BCUT2D eigenvalue weighted by molar-refractivity contribution is 1.34. The Labute approximate surface area is 131 Å². The van der Waals surface area contributed by atoms with Gasteiger partial charge in [-0.25, -0.2) is 0 Å². The maximum absolute atomic E-state index is 8.73. The molecule has 0 aliphatic rings. The van der Waals surface area contributed by atoms with Gasteiger partial charge in [0.25, 0.3) is 0 Å². The molecule has 0 fully saturated rings. The molecule has 1 aromatic carbocycles. The lowest BCUT2D eigenvalue weighted by Crippen LogP contribution is -1.81. The van der Waals surface area contributed by atoms with Gasteiger partial charge in [0.1, 0.15) is 0 Å². The molecule has 114 valence electrons. The van der Waals surface area contributed by atoms with Gasteiger partial charge in [0.05, 0.1) is 6.07 Å². The fourth-order valence-corrected chi connectivity index (χ4v) is 1.55. The molecule has 0 aromatic heterocycles. The first-order valence-corrected chi connectivity index (χ1v) is 7.64. The third kappa shape index (κ3) is 9.46. The predicted octanol–water partition coefficient (Wildman–Crippen LogP) is 6.48. The van der Waals surface area contributed by atoms with E-state index in [4.69, 9.17) is 5.26 Å². The molecule has 0 N–H and O–H groups in total. The summed E-state index contributed by atoms with van der Waals surface area (Å²) in [6.45, 7) is 15.8. The molecule has 0 spiro atoms. The smallest absolute Gasteiger partial charge is 0.0988 e. The molecule has 0 bridgehead atoms. The van der Waals surface area contributed by atoms with Gasteiger partial charge in [0.15, 0.2) is 0 Å². The Balaban J connectivity index is 0. The summed E-state index contributed by atoms with van der Waals surface area (Å²) in [7, 11) is 0. The van der Waals surface area contributed by atoms with E-state index in [2.05, 4.69) is 56.8 Å². The molecule has 0 saturated carbocycles. The minimum absolute atomic E-state index is 0.623. The van der Waals surface area contributed by atoms with Gasteiger partial charge in [-0.15, -0.1) is 0 Å². The van der Waals surface area contributed by atoms with Crippen molar-refractivity contribution < 1.29 is 0 Å². The topological polar surface area (TPSA) is 23.8 Å². The molecule has 0 radical (unpaired) electrons. The minimum Gasteiger partial charge on any atom is -0.192 e. The van der Waals surface area contributed by atoms with Gasteiger partial charge in [-0.1, -0.05) is 82.3 Å². The average molecular weight is 283 g/mol. The largest absolute Gasteiger partial charge is 0.192 e. The molecule has 1 aromatic rings. The molecule has 0 aliphatic carbocycles. The maximum Gasteiger partial charge on any atom is 0.0988 e. The lowest BCUT2D eigenvalue weighted by atomic mass is 10.0. The van der Waals surface area contributed by atoms with E-state index in [0.29, 0.717) is 5.57 Å². The van der Waals surface area contributed by atoms with Crippen molar-refractivity contribution >= 4 is 5.57 Å². The molecule has 0 heterocycles. The van der Waals surface area contributed by atoms with Crippen LogP contribution in [0.5, 0.6) is 0 Å². The zero-order valence-corrected chi connectivity index (χ0v) is 14.4. The quantitative estimate of drug-likeness (QED) is 0.458. The number of rotatable bonds is 4. The van der Waals surface area contributed by atoms with Crippen LogP contribution in [0.3, 0.4) is 0 Å². The molecule has 21 heavy (non-hydrogen) atoms. The van der Waals surface area contributed by atoms with E-state index < -0.39 is 0 Å².